The fourth-order valence-electron chi connectivity index (χ4n) is 1.67. The second-order valence-electron chi connectivity index (χ2n) is 4.11. The molecule has 7 heteroatoms. The van der Waals surface area contributed by atoms with Crippen LogP contribution in [0.4, 0.5) is 15.8 Å². The van der Waals surface area contributed by atoms with Gasteiger partial charge in [-0.05, 0) is 42.7 Å². The Bertz CT molecular complexity index is 689. The van der Waals surface area contributed by atoms with Gasteiger partial charge in [-0.25, -0.2) is 0 Å². The van der Waals surface area contributed by atoms with Crippen molar-refractivity contribution in [1.29, 1.82) is 0 Å². The number of nitro benzene ring substituents is 1. The summed E-state index contributed by atoms with van der Waals surface area (Å²) in [5.74, 6) is -1.50. The van der Waals surface area contributed by atoms with E-state index < -0.39 is 22.3 Å². The summed E-state index contributed by atoms with van der Waals surface area (Å²) >= 11 is 1.57. The Hall–Kier alpha value is -2.41. The molecule has 2 aromatic rings. The van der Waals surface area contributed by atoms with Crippen molar-refractivity contribution >= 4 is 29.0 Å². The quantitative estimate of drug-likeness (QED) is 0.531. The van der Waals surface area contributed by atoms with Gasteiger partial charge in [-0.1, -0.05) is 0 Å². The monoisotopic (exact) mass is 306 g/mol. The molecule has 5 nitrogen and oxygen atoms in total. The summed E-state index contributed by atoms with van der Waals surface area (Å²) in [5, 5.41) is 13.3. The molecule has 1 amide bonds. The molecule has 0 spiro atoms. The Morgan fingerprint density at radius 3 is 2.48 bits per heavy atom. The maximum Gasteiger partial charge on any atom is 0.305 e. The SMILES string of the molecule is CSc1ccc(NC(=O)c2ccc(F)c([N+](=O)[O-])c2)cc1. The van der Waals surface area contributed by atoms with Gasteiger partial charge in [-0.3, -0.25) is 14.9 Å². The molecule has 0 aromatic heterocycles. The van der Waals surface area contributed by atoms with Gasteiger partial charge >= 0.3 is 5.69 Å². The van der Waals surface area contributed by atoms with E-state index in [1.165, 1.54) is 6.07 Å². The van der Waals surface area contributed by atoms with E-state index in [4.69, 9.17) is 0 Å². The highest BCUT2D eigenvalue weighted by molar-refractivity contribution is 7.98. The zero-order valence-corrected chi connectivity index (χ0v) is 11.8. The van der Waals surface area contributed by atoms with E-state index in [0.717, 1.165) is 17.0 Å². The second-order valence-corrected chi connectivity index (χ2v) is 4.99. The van der Waals surface area contributed by atoms with Gasteiger partial charge in [0, 0.05) is 22.2 Å². The summed E-state index contributed by atoms with van der Waals surface area (Å²) in [6.07, 6.45) is 1.94. The van der Waals surface area contributed by atoms with Crippen LogP contribution in [-0.2, 0) is 0 Å². The first-order valence-electron chi connectivity index (χ1n) is 5.90. The number of nitro groups is 1. The third kappa shape index (κ3) is 3.57. The summed E-state index contributed by atoms with van der Waals surface area (Å²) in [5.41, 5.74) is -0.137. The molecule has 0 saturated carbocycles. The number of anilines is 1. The van der Waals surface area contributed by atoms with Gasteiger partial charge < -0.3 is 5.32 Å². The first-order valence-corrected chi connectivity index (χ1v) is 7.13. The minimum Gasteiger partial charge on any atom is -0.322 e. The predicted octanol–water partition coefficient (Wildman–Crippen LogP) is 3.71. The van der Waals surface area contributed by atoms with Crippen LogP contribution in [0.1, 0.15) is 10.4 Å². The molecule has 0 unspecified atom stereocenters. The average molecular weight is 306 g/mol. The molecular weight excluding hydrogens is 295 g/mol. The Kier molecular flexibility index (Phi) is 4.54. The molecule has 0 aliphatic carbocycles. The molecule has 2 aromatic carbocycles. The highest BCUT2D eigenvalue weighted by Gasteiger charge is 2.17. The second kappa shape index (κ2) is 6.36. The zero-order chi connectivity index (χ0) is 15.4. The smallest absolute Gasteiger partial charge is 0.305 e. The van der Waals surface area contributed by atoms with E-state index in [2.05, 4.69) is 5.32 Å². The van der Waals surface area contributed by atoms with Crippen LogP contribution in [0, 0.1) is 15.9 Å². The van der Waals surface area contributed by atoms with Gasteiger partial charge in [0.15, 0.2) is 0 Å². The molecule has 0 fully saturated rings. The van der Waals surface area contributed by atoms with Crippen LogP contribution < -0.4 is 5.32 Å². The van der Waals surface area contributed by atoms with Crippen LogP contribution in [0.5, 0.6) is 0 Å². The molecule has 108 valence electrons. The van der Waals surface area contributed by atoms with Gasteiger partial charge in [-0.2, -0.15) is 4.39 Å². The third-order valence-electron chi connectivity index (χ3n) is 2.75. The van der Waals surface area contributed by atoms with Gasteiger partial charge in [0.05, 0.1) is 4.92 Å². The average Bonchev–Trinajstić information content (AvgIpc) is 2.48. The predicted molar refractivity (Wildman–Crippen MR) is 79.2 cm³/mol. The molecule has 0 bridgehead atoms. The van der Waals surface area contributed by atoms with Crippen LogP contribution in [0.25, 0.3) is 0 Å². The number of halogens is 1. The summed E-state index contributed by atoms with van der Waals surface area (Å²) in [6, 6.07) is 10.2. The molecule has 0 radical (unpaired) electrons. The van der Waals surface area contributed by atoms with Gasteiger partial charge in [-0.15, -0.1) is 11.8 Å². The maximum atomic E-state index is 13.2. The van der Waals surface area contributed by atoms with Gasteiger partial charge in [0.25, 0.3) is 5.91 Å². The molecule has 0 saturated heterocycles. The van der Waals surface area contributed by atoms with Crippen molar-refractivity contribution in [3.8, 4) is 0 Å². The maximum absolute atomic E-state index is 13.2. The molecular formula is C14H11FN2O3S. The molecule has 21 heavy (non-hydrogen) atoms. The van der Waals surface area contributed by atoms with Crippen LogP contribution in [-0.4, -0.2) is 17.1 Å². The molecule has 0 aliphatic rings. The normalized spacial score (nSPS) is 10.2. The standard InChI is InChI=1S/C14H11FN2O3S/c1-21-11-5-3-10(4-6-11)16-14(18)9-2-7-12(15)13(8-9)17(19)20/h2-8H,1H3,(H,16,18). The van der Waals surface area contributed by atoms with Crippen molar-refractivity contribution < 1.29 is 14.1 Å². The van der Waals surface area contributed by atoms with Crippen LogP contribution >= 0.6 is 11.8 Å². The highest BCUT2D eigenvalue weighted by Crippen LogP contribution is 2.21. The highest BCUT2D eigenvalue weighted by atomic mass is 32.2. The summed E-state index contributed by atoms with van der Waals surface area (Å²) in [7, 11) is 0. The molecule has 0 atom stereocenters. The number of hydrogen-bond acceptors (Lipinski definition) is 4. The van der Waals surface area contributed by atoms with E-state index >= 15 is 0 Å². The van der Waals surface area contributed by atoms with E-state index in [1.807, 2.05) is 18.4 Å². The molecule has 1 N–H and O–H groups in total. The van der Waals surface area contributed by atoms with Crippen molar-refractivity contribution in [2.24, 2.45) is 0 Å². The van der Waals surface area contributed by atoms with Crippen molar-refractivity contribution in [3.63, 3.8) is 0 Å². The topological polar surface area (TPSA) is 72.2 Å². The fraction of sp³-hybridized carbons (Fsp3) is 0.0714. The van der Waals surface area contributed by atoms with Crippen molar-refractivity contribution in [2.45, 2.75) is 4.90 Å². The molecule has 0 aliphatic heterocycles. The Morgan fingerprint density at radius 2 is 1.90 bits per heavy atom. The van der Waals surface area contributed by atoms with E-state index in [-0.39, 0.29) is 5.56 Å². The molecule has 2 rings (SSSR count). The number of nitrogens with zero attached hydrogens (tertiary/aromatic N) is 1. The number of nitrogens with one attached hydrogen (secondary N) is 1. The van der Waals surface area contributed by atoms with Crippen molar-refractivity contribution in [1.82, 2.24) is 0 Å². The minimum absolute atomic E-state index is 0.0250. The van der Waals surface area contributed by atoms with Gasteiger partial charge in [0.1, 0.15) is 0 Å². The van der Waals surface area contributed by atoms with E-state index in [0.29, 0.717) is 5.69 Å². The summed E-state index contributed by atoms with van der Waals surface area (Å²) < 4.78 is 13.2. The zero-order valence-electron chi connectivity index (χ0n) is 11.0. The lowest BCUT2D eigenvalue weighted by Gasteiger charge is -2.06. The first kappa shape index (κ1) is 15.0. The van der Waals surface area contributed by atoms with Crippen molar-refractivity contribution in [2.75, 3.05) is 11.6 Å². The van der Waals surface area contributed by atoms with Crippen LogP contribution in [0.2, 0.25) is 0 Å². The first-order chi connectivity index (χ1) is 10.0. The summed E-state index contributed by atoms with van der Waals surface area (Å²) in [4.78, 5) is 22.8. The Balaban J connectivity index is 2.19. The number of benzene rings is 2. The number of hydrogen-bond donors (Lipinski definition) is 1. The van der Waals surface area contributed by atoms with Crippen LogP contribution in [0.15, 0.2) is 47.4 Å². The number of thioether (sulfide) groups is 1. The lowest BCUT2D eigenvalue weighted by molar-refractivity contribution is -0.387. The third-order valence-corrected chi connectivity index (χ3v) is 3.50. The van der Waals surface area contributed by atoms with Crippen molar-refractivity contribution in [3.05, 3.63) is 64.0 Å². The number of amides is 1. The summed E-state index contributed by atoms with van der Waals surface area (Å²) in [6.45, 7) is 0. The Morgan fingerprint density at radius 1 is 1.24 bits per heavy atom. The number of rotatable bonds is 4. The minimum atomic E-state index is -0.971. The van der Waals surface area contributed by atoms with E-state index in [1.54, 1.807) is 23.9 Å². The van der Waals surface area contributed by atoms with E-state index in [9.17, 15) is 19.3 Å². The lowest BCUT2D eigenvalue weighted by atomic mass is 10.1. The number of carbonyl (C=O) groups is 1. The lowest BCUT2D eigenvalue weighted by Crippen LogP contribution is -2.12. The largest absolute Gasteiger partial charge is 0.322 e. The fourth-order valence-corrected chi connectivity index (χ4v) is 2.08. The van der Waals surface area contributed by atoms with Gasteiger partial charge in [0.2, 0.25) is 5.82 Å². The number of carbonyl (C=O) groups excluding carboxylic acids is 1. The molecule has 0 heterocycles. The van der Waals surface area contributed by atoms with Crippen LogP contribution in [0.3, 0.4) is 0 Å². The Labute approximate surface area is 124 Å².